The quantitative estimate of drug-likeness (QED) is 0.850. The summed E-state index contributed by atoms with van der Waals surface area (Å²) in [6.07, 6.45) is 6.46. The molecule has 0 spiro atoms. The van der Waals surface area contributed by atoms with Gasteiger partial charge < -0.3 is 4.90 Å². The Morgan fingerprint density at radius 1 is 1.30 bits per heavy atom. The molecule has 1 saturated heterocycles. The van der Waals surface area contributed by atoms with E-state index in [4.69, 9.17) is 0 Å². The second-order valence-corrected chi connectivity index (χ2v) is 7.37. The summed E-state index contributed by atoms with van der Waals surface area (Å²) in [4.78, 5) is 19.1. The third kappa shape index (κ3) is 2.87. The molecule has 4 rings (SSSR count). The molecule has 0 bridgehead atoms. The highest BCUT2D eigenvalue weighted by molar-refractivity contribution is 8.00. The molecule has 6 heteroatoms. The smallest absolute Gasteiger partial charge is 0.240 e. The summed E-state index contributed by atoms with van der Waals surface area (Å²) in [5.41, 5.74) is 2.53. The number of amides is 1. The number of thioether (sulfide) groups is 1. The molecule has 1 aromatic carbocycles. The molecule has 0 saturated carbocycles. The fourth-order valence-corrected chi connectivity index (χ4v) is 4.82. The summed E-state index contributed by atoms with van der Waals surface area (Å²) in [6, 6.07) is 8.63. The number of rotatable bonds is 2. The number of carbonyl (C=O) groups excluding carboxylic acids is 1. The molecule has 5 nitrogen and oxygen atoms in total. The molecule has 0 radical (unpaired) electrons. The lowest BCUT2D eigenvalue weighted by molar-refractivity contribution is -0.132. The first-order chi connectivity index (χ1) is 11.3. The van der Waals surface area contributed by atoms with E-state index >= 15 is 0 Å². The van der Waals surface area contributed by atoms with Gasteiger partial charge in [-0.3, -0.25) is 4.79 Å². The Morgan fingerprint density at radius 2 is 2.22 bits per heavy atom. The van der Waals surface area contributed by atoms with E-state index < -0.39 is 0 Å². The molecule has 2 atom stereocenters. The zero-order valence-electron chi connectivity index (χ0n) is 13.0. The number of benzene rings is 1. The monoisotopic (exact) mass is 328 g/mol. The van der Waals surface area contributed by atoms with Crippen LogP contribution in [-0.2, 0) is 11.2 Å². The van der Waals surface area contributed by atoms with Gasteiger partial charge >= 0.3 is 0 Å². The highest BCUT2D eigenvalue weighted by atomic mass is 32.2. The maximum atomic E-state index is 13.1. The number of hydrogen-bond donors (Lipinski definition) is 0. The third-order valence-electron chi connectivity index (χ3n) is 4.74. The largest absolute Gasteiger partial charge is 0.339 e. The Bertz CT molecular complexity index is 688. The third-order valence-corrected chi connectivity index (χ3v) is 5.97. The van der Waals surface area contributed by atoms with E-state index in [-0.39, 0.29) is 17.2 Å². The van der Waals surface area contributed by atoms with Crippen molar-refractivity contribution < 1.29 is 4.79 Å². The highest BCUT2D eigenvalue weighted by Crippen LogP contribution is 2.38. The lowest BCUT2D eigenvalue weighted by Gasteiger charge is -2.36. The topological polar surface area (TPSA) is 51.0 Å². The van der Waals surface area contributed by atoms with Crippen molar-refractivity contribution in [2.45, 2.75) is 30.6 Å². The molecule has 2 unspecified atom stereocenters. The Labute approximate surface area is 140 Å². The molecule has 3 heterocycles. The summed E-state index contributed by atoms with van der Waals surface area (Å²) in [5.74, 6) is 1.28. The van der Waals surface area contributed by atoms with Crippen LogP contribution in [0.2, 0.25) is 0 Å². The normalized spacial score (nSPS) is 24.3. The summed E-state index contributed by atoms with van der Waals surface area (Å²) in [5, 5.41) is 4.20. The summed E-state index contributed by atoms with van der Waals surface area (Å²) >= 11 is 1.78. The van der Waals surface area contributed by atoms with Crippen LogP contribution in [0.3, 0.4) is 0 Å². The Kier molecular flexibility index (Phi) is 4.08. The Balaban J connectivity index is 1.53. The lowest BCUT2D eigenvalue weighted by atomic mass is 9.99. The fourth-order valence-electron chi connectivity index (χ4n) is 3.54. The molecule has 1 amide bonds. The van der Waals surface area contributed by atoms with Gasteiger partial charge in [0, 0.05) is 13.1 Å². The first-order valence-electron chi connectivity index (χ1n) is 8.15. The van der Waals surface area contributed by atoms with Crippen LogP contribution in [0.4, 0.5) is 0 Å². The first-order valence-corrected chi connectivity index (χ1v) is 9.20. The number of likely N-dealkylation sites (tertiary alicyclic amines) is 1. The van der Waals surface area contributed by atoms with Gasteiger partial charge in [0.25, 0.3) is 0 Å². The minimum atomic E-state index is -0.0468. The van der Waals surface area contributed by atoms with E-state index in [1.165, 1.54) is 11.1 Å². The Hall–Kier alpha value is -1.82. The van der Waals surface area contributed by atoms with E-state index in [0.717, 1.165) is 38.1 Å². The minimum absolute atomic E-state index is 0.0468. The lowest BCUT2D eigenvalue weighted by Crippen LogP contribution is -2.43. The maximum Gasteiger partial charge on any atom is 0.240 e. The molecule has 2 aliphatic heterocycles. The maximum absolute atomic E-state index is 13.1. The molecule has 2 aromatic rings. The molecular weight excluding hydrogens is 308 g/mol. The fraction of sp³-hybridized carbons (Fsp3) is 0.471. The molecule has 1 aromatic heterocycles. The number of carbonyl (C=O) groups is 1. The summed E-state index contributed by atoms with van der Waals surface area (Å²) in [7, 11) is 0. The number of fused-ring (bicyclic) bond motifs is 1. The molecule has 23 heavy (non-hydrogen) atoms. The standard InChI is InChI=1S/C17H20N4OS/c22-17(16-15-6-2-1-4-13(15)7-9-23-16)20-8-3-5-14(10-20)21-12-18-11-19-21/h1-2,4,6,11-12,14,16H,3,5,7-10H2. The summed E-state index contributed by atoms with van der Waals surface area (Å²) in [6.45, 7) is 1.59. The molecule has 0 N–H and O–H groups in total. The van der Waals surface area contributed by atoms with Crippen LogP contribution < -0.4 is 0 Å². The van der Waals surface area contributed by atoms with Crippen LogP contribution in [-0.4, -0.2) is 44.4 Å². The number of aryl methyl sites for hydroxylation is 1. The van der Waals surface area contributed by atoms with Crippen LogP contribution in [0.1, 0.15) is 35.3 Å². The van der Waals surface area contributed by atoms with Crippen LogP contribution in [0, 0.1) is 0 Å². The summed E-state index contributed by atoms with van der Waals surface area (Å²) < 4.78 is 1.89. The van der Waals surface area contributed by atoms with Gasteiger partial charge in [-0.15, -0.1) is 11.8 Å². The molecule has 2 aliphatic rings. The first kappa shape index (κ1) is 14.8. The van der Waals surface area contributed by atoms with Gasteiger partial charge in [0.15, 0.2) is 0 Å². The Morgan fingerprint density at radius 3 is 3.09 bits per heavy atom. The molecule has 0 aliphatic carbocycles. The zero-order chi connectivity index (χ0) is 15.6. The number of nitrogens with zero attached hydrogens (tertiary/aromatic N) is 4. The number of piperidine rings is 1. The number of aromatic nitrogens is 3. The second kappa shape index (κ2) is 6.35. The van der Waals surface area contributed by atoms with E-state index in [1.807, 2.05) is 15.6 Å². The van der Waals surface area contributed by atoms with Crippen molar-refractivity contribution >= 4 is 17.7 Å². The van der Waals surface area contributed by atoms with Gasteiger partial charge in [-0.25, -0.2) is 9.67 Å². The van der Waals surface area contributed by atoms with Crippen molar-refractivity contribution in [1.82, 2.24) is 19.7 Å². The van der Waals surface area contributed by atoms with Gasteiger partial charge in [0.1, 0.15) is 17.9 Å². The molecular formula is C17H20N4OS. The van der Waals surface area contributed by atoms with Crippen LogP contribution >= 0.6 is 11.8 Å². The van der Waals surface area contributed by atoms with Crippen molar-refractivity contribution in [3.8, 4) is 0 Å². The van der Waals surface area contributed by atoms with Crippen LogP contribution in [0.15, 0.2) is 36.9 Å². The second-order valence-electron chi connectivity index (χ2n) is 6.16. The average Bonchev–Trinajstić information content (AvgIpc) is 3.15. The predicted octanol–water partition coefficient (Wildman–Crippen LogP) is 2.47. The SMILES string of the molecule is O=C(C1SCCc2ccccc21)N1CCCC(n2cncn2)C1. The van der Waals surface area contributed by atoms with E-state index in [9.17, 15) is 4.79 Å². The number of hydrogen-bond acceptors (Lipinski definition) is 4. The predicted molar refractivity (Wildman–Crippen MR) is 90.2 cm³/mol. The van der Waals surface area contributed by atoms with E-state index in [1.54, 1.807) is 24.4 Å². The molecule has 120 valence electrons. The van der Waals surface area contributed by atoms with E-state index in [2.05, 4.69) is 28.3 Å². The van der Waals surface area contributed by atoms with E-state index in [0.29, 0.717) is 0 Å². The highest BCUT2D eigenvalue weighted by Gasteiger charge is 2.33. The van der Waals surface area contributed by atoms with Crippen molar-refractivity contribution in [2.75, 3.05) is 18.8 Å². The van der Waals surface area contributed by atoms with Crippen molar-refractivity contribution in [3.63, 3.8) is 0 Å². The van der Waals surface area contributed by atoms with Gasteiger partial charge in [-0.2, -0.15) is 5.10 Å². The van der Waals surface area contributed by atoms with Gasteiger partial charge in [0.2, 0.25) is 5.91 Å². The van der Waals surface area contributed by atoms with Crippen molar-refractivity contribution in [2.24, 2.45) is 0 Å². The van der Waals surface area contributed by atoms with Gasteiger partial charge in [-0.1, -0.05) is 24.3 Å². The minimum Gasteiger partial charge on any atom is -0.339 e. The van der Waals surface area contributed by atoms with Crippen LogP contribution in [0.25, 0.3) is 0 Å². The zero-order valence-corrected chi connectivity index (χ0v) is 13.8. The van der Waals surface area contributed by atoms with Gasteiger partial charge in [-0.05, 0) is 36.1 Å². The van der Waals surface area contributed by atoms with Gasteiger partial charge in [0.05, 0.1) is 6.04 Å². The van der Waals surface area contributed by atoms with Crippen molar-refractivity contribution in [1.29, 1.82) is 0 Å². The van der Waals surface area contributed by atoms with Crippen LogP contribution in [0.5, 0.6) is 0 Å². The van der Waals surface area contributed by atoms with Crippen molar-refractivity contribution in [3.05, 3.63) is 48.0 Å². The average molecular weight is 328 g/mol. The molecule has 1 fully saturated rings.